The third-order valence-corrected chi connectivity index (χ3v) is 5.43. The summed E-state index contributed by atoms with van der Waals surface area (Å²) >= 11 is 0. The maximum Gasteiger partial charge on any atom is 0.325 e. The lowest BCUT2D eigenvalue weighted by Crippen LogP contribution is -2.40. The molecule has 0 spiro atoms. The Balaban J connectivity index is 1.88. The third-order valence-electron chi connectivity index (χ3n) is 4.50. The largest absolute Gasteiger partial charge is 0.325 e. The number of nitrogens with two attached hydrogens (primary N) is 1. The van der Waals surface area contributed by atoms with Crippen molar-refractivity contribution in [2.45, 2.75) is 23.9 Å². The van der Waals surface area contributed by atoms with Crippen LogP contribution in [0.2, 0.25) is 0 Å². The number of imide groups is 1. The number of hydrogen-bond donors (Lipinski definition) is 2. The molecule has 1 aliphatic heterocycles. The molecule has 1 saturated heterocycles. The Morgan fingerprint density at radius 1 is 1.18 bits per heavy atom. The molecule has 1 atom stereocenters. The summed E-state index contributed by atoms with van der Waals surface area (Å²) in [6.07, 6.45) is 0. The van der Waals surface area contributed by atoms with Gasteiger partial charge in [-0.25, -0.2) is 18.4 Å². The van der Waals surface area contributed by atoms with E-state index in [0.717, 1.165) is 4.90 Å². The number of carbonyl (C=O) groups is 2. The SMILES string of the molecule is CC1(c2ccc(S(N)(=O)=O)cc2)NC(=O)N(Cc2cccc([N+](=O)[O-])c2)C1=O. The molecule has 0 saturated carbocycles. The Morgan fingerprint density at radius 3 is 2.39 bits per heavy atom. The first kappa shape index (κ1) is 19.5. The van der Waals surface area contributed by atoms with Crippen molar-refractivity contribution in [1.82, 2.24) is 10.2 Å². The number of nitrogens with one attached hydrogen (secondary N) is 1. The van der Waals surface area contributed by atoms with Gasteiger partial charge in [0.25, 0.3) is 11.6 Å². The van der Waals surface area contributed by atoms with E-state index in [1.807, 2.05) is 0 Å². The summed E-state index contributed by atoms with van der Waals surface area (Å²) in [7, 11) is -3.89. The summed E-state index contributed by atoms with van der Waals surface area (Å²) in [5, 5.41) is 18.5. The smallest absolute Gasteiger partial charge is 0.319 e. The molecule has 3 rings (SSSR count). The lowest BCUT2D eigenvalue weighted by atomic mass is 9.92. The van der Waals surface area contributed by atoms with Gasteiger partial charge in [0.15, 0.2) is 0 Å². The molecule has 0 bridgehead atoms. The minimum atomic E-state index is -3.89. The van der Waals surface area contributed by atoms with Crippen molar-refractivity contribution < 1.29 is 22.9 Å². The van der Waals surface area contributed by atoms with Gasteiger partial charge >= 0.3 is 6.03 Å². The van der Waals surface area contributed by atoms with Crippen molar-refractivity contribution in [2.24, 2.45) is 5.14 Å². The van der Waals surface area contributed by atoms with E-state index in [0.29, 0.717) is 11.1 Å². The van der Waals surface area contributed by atoms with Gasteiger partial charge in [-0.1, -0.05) is 24.3 Å². The number of sulfonamides is 1. The van der Waals surface area contributed by atoms with Crippen LogP contribution in [0, 0.1) is 10.1 Å². The zero-order chi connectivity index (χ0) is 20.7. The lowest BCUT2D eigenvalue weighted by molar-refractivity contribution is -0.384. The van der Waals surface area contributed by atoms with Crippen LogP contribution in [0.5, 0.6) is 0 Å². The number of amides is 3. The topological polar surface area (TPSA) is 153 Å². The zero-order valence-corrected chi connectivity index (χ0v) is 15.5. The summed E-state index contributed by atoms with van der Waals surface area (Å²) < 4.78 is 22.8. The van der Waals surface area contributed by atoms with Crippen LogP contribution in [-0.2, 0) is 26.9 Å². The molecule has 0 radical (unpaired) electrons. The third kappa shape index (κ3) is 3.44. The van der Waals surface area contributed by atoms with E-state index in [2.05, 4.69) is 5.32 Å². The molecule has 1 aliphatic rings. The van der Waals surface area contributed by atoms with Gasteiger partial charge in [0.2, 0.25) is 10.0 Å². The van der Waals surface area contributed by atoms with Crippen molar-refractivity contribution in [1.29, 1.82) is 0 Å². The van der Waals surface area contributed by atoms with E-state index in [-0.39, 0.29) is 17.1 Å². The number of non-ortho nitro benzene ring substituents is 1. The molecular weight excluding hydrogens is 388 g/mol. The molecule has 0 aromatic heterocycles. The van der Waals surface area contributed by atoms with Gasteiger partial charge < -0.3 is 5.32 Å². The van der Waals surface area contributed by atoms with Crippen molar-refractivity contribution in [3.8, 4) is 0 Å². The standard InChI is InChI=1S/C17H16N4O6S/c1-17(12-5-7-14(8-6-12)28(18,26)27)15(22)20(16(23)19-17)10-11-3-2-4-13(9-11)21(24)25/h2-9H,10H2,1H3,(H,19,23)(H2,18,26,27). The summed E-state index contributed by atoms with van der Waals surface area (Å²) in [6, 6.07) is 10.3. The zero-order valence-electron chi connectivity index (χ0n) is 14.7. The first-order valence-corrected chi connectivity index (χ1v) is 9.58. The van der Waals surface area contributed by atoms with Crippen molar-refractivity contribution >= 4 is 27.6 Å². The van der Waals surface area contributed by atoms with Gasteiger partial charge in [0, 0.05) is 12.1 Å². The predicted molar refractivity (Wildman–Crippen MR) is 97.3 cm³/mol. The molecule has 11 heteroatoms. The van der Waals surface area contributed by atoms with E-state index in [4.69, 9.17) is 5.14 Å². The van der Waals surface area contributed by atoms with E-state index in [1.54, 1.807) is 6.07 Å². The maximum atomic E-state index is 12.9. The number of nitrogens with zero attached hydrogens (tertiary/aromatic N) is 2. The molecule has 146 valence electrons. The Morgan fingerprint density at radius 2 is 1.82 bits per heavy atom. The van der Waals surface area contributed by atoms with Gasteiger partial charge in [-0.15, -0.1) is 0 Å². The Bertz CT molecular complexity index is 1080. The second-order valence-electron chi connectivity index (χ2n) is 6.44. The Labute approximate surface area is 160 Å². The van der Waals surface area contributed by atoms with E-state index in [9.17, 15) is 28.1 Å². The fraction of sp³-hybridized carbons (Fsp3) is 0.176. The van der Waals surface area contributed by atoms with Gasteiger partial charge in [-0.2, -0.15) is 0 Å². The molecule has 0 aliphatic carbocycles. The average molecular weight is 404 g/mol. The Hall–Kier alpha value is -3.31. The van der Waals surface area contributed by atoms with E-state index >= 15 is 0 Å². The molecule has 3 N–H and O–H groups in total. The van der Waals surface area contributed by atoms with E-state index in [1.165, 1.54) is 49.4 Å². The van der Waals surface area contributed by atoms with Crippen LogP contribution in [0.3, 0.4) is 0 Å². The van der Waals surface area contributed by atoms with Crippen LogP contribution in [0.1, 0.15) is 18.1 Å². The molecule has 28 heavy (non-hydrogen) atoms. The first-order chi connectivity index (χ1) is 13.0. The van der Waals surface area contributed by atoms with Crippen LogP contribution < -0.4 is 10.5 Å². The summed E-state index contributed by atoms with van der Waals surface area (Å²) in [6.45, 7) is 1.35. The summed E-state index contributed by atoms with van der Waals surface area (Å²) in [4.78, 5) is 36.4. The second-order valence-corrected chi connectivity index (χ2v) is 8.00. The van der Waals surface area contributed by atoms with Gasteiger partial charge in [-0.05, 0) is 30.2 Å². The van der Waals surface area contributed by atoms with Gasteiger partial charge in [0.1, 0.15) is 5.54 Å². The summed E-state index contributed by atoms with van der Waals surface area (Å²) in [5.41, 5.74) is -0.758. The van der Waals surface area contributed by atoms with Crippen LogP contribution >= 0.6 is 0 Å². The highest BCUT2D eigenvalue weighted by molar-refractivity contribution is 7.89. The molecule has 1 unspecified atom stereocenters. The number of carbonyl (C=O) groups excluding carboxylic acids is 2. The molecule has 1 heterocycles. The van der Waals surface area contributed by atoms with Crippen LogP contribution in [0.25, 0.3) is 0 Å². The second kappa shape index (κ2) is 6.69. The maximum absolute atomic E-state index is 12.9. The minimum absolute atomic E-state index is 0.120. The number of hydrogen-bond acceptors (Lipinski definition) is 6. The molecule has 3 amide bonds. The van der Waals surface area contributed by atoms with Gasteiger partial charge in [-0.3, -0.25) is 19.8 Å². The monoisotopic (exact) mass is 404 g/mol. The number of urea groups is 1. The van der Waals surface area contributed by atoms with Crippen molar-refractivity contribution in [2.75, 3.05) is 0 Å². The summed E-state index contributed by atoms with van der Waals surface area (Å²) in [5.74, 6) is -0.563. The first-order valence-electron chi connectivity index (χ1n) is 8.03. The van der Waals surface area contributed by atoms with Crippen LogP contribution in [-0.4, -0.2) is 30.2 Å². The van der Waals surface area contributed by atoms with Crippen molar-refractivity contribution in [3.05, 3.63) is 69.8 Å². The molecular formula is C17H16N4O6S. The molecule has 1 fully saturated rings. The van der Waals surface area contributed by atoms with Crippen molar-refractivity contribution in [3.63, 3.8) is 0 Å². The highest BCUT2D eigenvalue weighted by Crippen LogP contribution is 2.30. The fourth-order valence-electron chi connectivity index (χ4n) is 2.97. The lowest BCUT2D eigenvalue weighted by Gasteiger charge is -2.22. The van der Waals surface area contributed by atoms with Crippen LogP contribution in [0.4, 0.5) is 10.5 Å². The quantitative estimate of drug-likeness (QED) is 0.434. The normalized spacial score (nSPS) is 19.6. The predicted octanol–water partition coefficient (Wildman–Crippen LogP) is 1.21. The Kier molecular flexibility index (Phi) is 4.65. The molecule has 2 aromatic rings. The van der Waals surface area contributed by atoms with Crippen LogP contribution in [0.15, 0.2) is 53.4 Å². The number of benzene rings is 2. The highest BCUT2D eigenvalue weighted by atomic mass is 32.2. The number of nitro groups is 1. The van der Waals surface area contributed by atoms with Gasteiger partial charge in [0.05, 0.1) is 16.4 Å². The number of primary sulfonamides is 1. The average Bonchev–Trinajstić information content (AvgIpc) is 2.85. The molecule has 2 aromatic carbocycles. The minimum Gasteiger partial charge on any atom is -0.319 e. The molecule has 10 nitrogen and oxygen atoms in total. The fourth-order valence-corrected chi connectivity index (χ4v) is 3.48. The highest BCUT2D eigenvalue weighted by Gasteiger charge is 2.48. The number of nitro benzene ring substituents is 1. The number of rotatable bonds is 5. The van der Waals surface area contributed by atoms with E-state index < -0.39 is 32.4 Å².